The highest BCUT2D eigenvalue weighted by atomic mass is 79.9. The number of esters is 1. The van der Waals surface area contributed by atoms with Gasteiger partial charge >= 0.3 is 5.97 Å². The van der Waals surface area contributed by atoms with Crippen molar-refractivity contribution in [2.75, 3.05) is 12.3 Å². The molecule has 0 atom stereocenters. The summed E-state index contributed by atoms with van der Waals surface area (Å²) in [6.07, 6.45) is 0. The van der Waals surface area contributed by atoms with Gasteiger partial charge in [0.15, 0.2) is 0 Å². The summed E-state index contributed by atoms with van der Waals surface area (Å²) in [5.74, 6) is -0.415. The van der Waals surface area contributed by atoms with Crippen LogP contribution in [0.15, 0.2) is 16.6 Å². The average Bonchev–Trinajstić information content (AvgIpc) is 2.11. The molecular formula is C9H9BrClNO2. The Morgan fingerprint density at radius 3 is 2.86 bits per heavy atom. The van der Waals surface area contributed by atoms with Crippen LogP contribution in [0.2, 0.25) is 5.02 Å². The zero-order valence-corrected chi connectivity index (χ0v) is 9.85. The zero-order chi connectivity index (χ0) is 10.7. The maximum absolute atomic E-state index is 11.4. The number of nitrogens with two attached hydrogens (primary N) is 1. The van der Waals surface area contributed by atoms with Crippen LogP contribution in [-0.2, 0) is 4.74 Å². The second-order valence-corrected chi connectivity index (χ2v) is 3.84. The third-order valence-corrected chi connectivity index (χ3v) is 2.57. The molecule has 1 aromatic carbocycles. The fraction of sp³-hybridized carbons (Fsp3) is 0.222. The molecule has 0 saturated heterocycles. The number of carbonyl (C=O) groups excluding carboxylic acids is 1. The van der Waals surface area contributed by atoms with Gasteiger partial charge in [-0.25, -0.2) is 4.79 Å². The van der Waals surface area contributed by atoms with Crippen molar-refractivity contribution in [2.24, 2.45) is 0 Å². The monoisotopic (exact) mass is 277 g/mol. The second-order valence-electron chi connectivity index (χ2n) is 2.57. The molecule has 14 heavy (non-hydrogen) atoms. The van der Waals surface area contributed by atoms with E-state index in [4.69, 9.17) is 22.1 Å². The number of benzene rings is 1. The third-order valence-electron chi connectivity index (χ3n) is 1.58. The van der Waals surface area contributed by atoms with E-state index in [-0.39, 0.29) is 0 Å². The van der Waals surface area contributed by atoms with E-state index >= 15 is 0 Å². The van der Waals surface area contributed by atoms with Crippen molar-refractivity contribution in [3.05, 3.63) is 27.2 Å². The molecule has 0 fully saturated rings. The molecule has 0 heterocycles. The number of nitrogen functional groups attached to an aromatic ring is 1. The smallest absolute Gasteiger partial charge is 0.339 e. The summed E-state index contributed by atoms with van der Waals surface area (Å²) >= 11 is 8.99. The fourth-order valence-corrected chi connectivity index (χ4v) is 1.61. The molecule has 2 N–H and O–H groups in total. The molecule has 76 valence electrons. The minimum Gasteiger partial charge on any atom is -0.462 e. The maximum Gasteiger partial charge on any atom is 0.339 e. The first-order valence-corrected chi connectivity index (χ1v) is 5.15. The summed E-state index contributed by atoms with van der Waals surface area (Å²) in [5.41, 5.74) is 6.35. The van der Waals surface area contributed by atoms with E-state index in [2.05, 4.69) is 15.9 Å². The molecule has 0 spiro atoms. The lowest BCUT2D eigenvalue weighted by Gasteiger charge is -2.06. The van der Waals surface area contributed by atoms with E-state index in [1.54, 1.807) is 13.0 Å². The summed E-state index contributed by atoms with van der Waals surface area (Å²) in [7, 11) is 0. The second kappa shape index (κ2) is 4.66. The van der Waals surface area contributed by atoms with Crippen molar-refractivity contribution in [3.8, 4) is 0 Å². The quantitative estimate of drug-likeness (QED) is 0.668. The highest BCUT2D eigenvalue weighted by Gasteiger charge is 2.13. The van der Waals surface area contributed by atoms with Gasteiger partial charge in [-0.05, 0) is 35.0 Å². The highest BCUT2D eigenvalue weighted by molar-refractivity contribution is 9.10. The molecule has 0 bridgehead atoms. The van der Waals surface area contributed by atoms with E-state index in [1.807, 2.05) is 0 Å². The standard InChI is InChI=1S/C9H9BrClNO2/c1-2-14-9(13)5-3-7(11)8(12)4-6(5)10/h3-4H,2,12H2,1H3. The molecule has 0 saturated carbocycles. The van der Waals surface area contributed by atoms with Gasteiger partial charge in [-0.3, -0.25) is 0 Å². The first kappa shape index (κ1) is 11.3. The highest BCUT2D eigenvalue weighted by Crippen LogP contribution is 2.27. The van der Waals surface area contributed by atoms with Crippen LogP contribution < -0.4 is 5.73 Å². The lowest BCUT2D eigenvalue weighted by molar-refractivity contribution is 0.0525. The van der Waals surface area contributed by atoms with Crippen molar-refractivity contribution in [1.82, 2.24) is 0 Å². The van der Waals surface area contributed by atoms with Crippen LogP contribution in [0.4, 0.5) is 5.69 Å². The van der Waals surface area contributed by atoms with Gasteiger partial charge in [0.1, 0.15) is 0 Å². The van der Waals surface area contributed by atoms with Crippen molar-refractivity contribution < 1.29 is 9.53 Å². The van der Waals surface area contributed by atoms with Crippen molar-refractivity contribution >= 4 is 39.2 Å². The Morgan fingerprint density at radius 1 is 1.64 bits per heavy atom. The minimum atomic E-state index is -0.415. The molecule has 0 unspecified atom stereocenters. The molecule has 1 aromatic rings. The molecule has 0 aliphatic heterocycles. The summed E-state index contributed by atoms with van der Waals surface area (Å²) in [4.78, 5) is 11.4. The van der Waals surface area contributed by atoms with Crippen LogP contribution in [0.25, 0.3) is 0 Å². The Morgan fingerprint density at radius 2 is 2.29 bits per heavy atom. The van der Waals surface area contributed by atoms with E-state index in [0.717, 1.165) is 0 Å². The van der Waals surface area contributed by atoms with Crippen LogP contribution in [0.1, 0.15) is 17.3 Å². The Balaban J connectivity index is 3.09. The number of rotatable bonds is 2. The van der Waals surface area contributed by atoms with E-state index in [1.165, 1.54) is 6.07 Å². The van der Waals surface area contributed by atoms with Crippen LogP contribution in [0.5, 0.6) is 0 Å². The Bertz CT molecular complexity index is 368. The molecule has 3 nitrogen and oxygen atoms in total. The van der Waals surface area contributed by atoms with Gasteiger partial charge in [0.25, 0.3) is 0 Å². The lowest BCUT2D eigenvalue weighted by Crippen LogP contribution is -2.06. The first-order valence-electron chi connectivity index (χ1n) is 3.98. The summed E-state index contributed by atoms with van der Waals surface area (Å²) in [6, 6.07) is 3.06. The Kier molecular flexibility index (Phi) is 3.77. The fourth-order valence-electron chi connectivity index (χ4n) is 0.927. The Hall–Kier alpha value is -0.740. The van der Waals surface area contributed by atoms with Gasteiger partial charge in [0, 0.05) is 4.47 Å². The van der Waals surface area contributed by atoms with Gasteiger partial charge in [-0.15, -0.1) is 0 Å². The van der Waals surface area contributed by atoms with Crippen LogP contribution in [-0.4, -0.2) is 12.6 Å². The number of carbonyl (C=O) groups is 1. The molecular weight excluding hydrogens is 269 g/mol. The molecule has 0 aromatic heterocycles. The van der Waals surface area contributed by atoms with Crippen molar-refractivity contribution in [3.63, 3.8) is 0 Å². The Labute approximate surface area is 95.3 Å². The molecule has 0 amide bonds. The first-order chi connectivity index (χ1) is 6.56. The molecule has 0 aliphatic carbocycles. The largest absolute Gasteiger partial charge is 0.462 e. The van der Waals surface area contributed by atoms with Gasteiger partial charge in [-0.1, -0.05) is 11.6 Å². The molecule has 1 rings (SSSR count). The molecule has 0 radical (unpaired) electrons. The average molecular weight is 279 g/mol. The molecule has 0 aliphatic rings. The van der Waals surface area contributed by atoms with Gasteiger partial charge < -0.3 is 10.5 Å². The number of halogens is 2. The topological polar surface area (TPSA) is 52.3 Å². The lowest BCUT2D eigenvalue weighted by atomic mass is 10.2. The predicted octanol–water partition coefficient (Wildman–Crippen LogP) is 2.86. The zero-order valence-electron chi connectivity index (χ0n) is 7.51. The van der Waals surface area contributed by atoms with Crippen LogP contribution in [0, 0.1) is 0 Å². The summed E-state index contributed by atoms with van der Waals surface area (Å²) < 4.78 is 5.42. The normalized spacial score (nSPS) is 9.93. The van der Waals surface area contributed by atoms with E-state index < -0.39 is 5.97 Å². The van der Waals surface area contributed by atoms with Crippen LogP contribution in [0.3, 0.4) is 0 Å². The van der Waals surface area contributed by atoms with Gasteiger partial charge in [-0.2, -0.15) is 0 Å². The predicted molar refractivity (Wildman–Crippen MR) is 59.5 cm³/mol. The molecule has 5 heteroatoms. The van der Waals surface area contributed by atoms with Gasteiger partial charge in [0.05, 0.1) is 22.9 Å². The minimum absolute atomic E-state index is 0.327. The van der Waals surface area contributed by atoms with Crippen molar-refractivity contribution in [1.29, 1.82) is 0 Å². The number of anilines is 1. The third kappa shape index (κ3) is 2.39. The summed E-state index contributed by atoms with van der Waals surface area (Å²) in [5, 5.41) is 0.344. The van der Waals surface area contributed by atoms with E-state index in [0.29, 0.717) is 27.4 Å². The summed E-state index contributed by atoms with van der Waals surface area (Å²) in [6.45, 7) is 2.07. The van der Waals surface area contributed by atoms with Crippen LogP contribution >= 0.6 is 27.5 Å². The SMILES string of the molecule is CCOC(=O)c1cc(Cl)c(N)cc1Br. The number of ether oxygens (including phenoxy) is 1. The number of hydrogen-bond donors (Lipinski definition) is 1. The van der Waals surface area contributed by atoms with E-state index in [9.17, 15) is 4.79 Å². The maximum atomic E-state index is 11.4. The van der Waals surface area contributed by atoms with Gasteiger partial charge in [0.2, 0.25) is 0 Å². The number of hydrogen-bond acceptors (Lipinski definition) is 3. The van der Waals surface area contributed by atoms with Crippen molar-refractivity contribution in [2.45, 2.75) is 6.92 Å².